The lowest BCUT2D eigenvalue weighted by atomic mass is 9.97. The van der Waals surface area contributed by atoms with Gasteiger partial charge in [0.2, 0.25) is 0 Å². The van der Waals surface area contributed by atoms with Crippen molar-refractivity contribution in [2.24, 2.45) is 0 Å². The highest BCUT2D eigenvalue weighted by Gasteiger charge is 2.50. The van der Waals surface area contributed by atoms with E-state index in [1.54, 1.807) is 26.0 Å². The largest absolute Gasteiger partial charge is 0.463 e. The van der Waals surface area contributed by atoms with Gasteiger partial charge in [-0.3, -0.25) is 0 Å². The highest BCUT2D eigenvalue weighted by Crippen LogP contribution is 2.24. The minimum absolute atomic E-state index is 0.157. The van der Waals surface area contributed by atoms with Crippen LogP contribution in [0.25, 0.3) is 0 Å². The molecular weight excluding hydrogens is 212 g/mol. The maximum atomic E-state index is 11.8. The highest BCUT2D eigenvalue weighted by molar-refractivity contribution is 6.04. The molecule has 1 aliphatic heterocycles. The molecule has 0 spiro atoms. The first-order valence-corrected chi connectivity index (χ1v) is 5.30. The molecule has 0 aromatic heterocycles. The lowest BCUT2D eigenvalue weighted by Gasteiger charge is -2.29. The van der Waals surface area contributed by atoms with Gasteiger partial charge in [0.05, 0.1) is 19.8 Å². The van der Waals surface area contributed by atoms with Crippen LogP contribution in [0.2, 0.25) is 0 Å². The average molecular weight is 228 g/mol. The quantitative estimate of drug-likeness (QED) is 0.405. The summed E-state index contributed by atoms with van der Waals surface area (Å²) < 4.78 is 15.0. The van der Waals surface area contributed by atoms with Gasteiger partial charge >= 0.3 is 11.9 Å². The number of esters is 2. The summed E-state index contributed by atoms with van der Waals surface area (Å²) in [5.41, 5.74) is -1.61. The van der Waals surface area contributed by atoms with E-state index in [2.05, 4.69) is 0 Å². The van der Waals surface area contributed by atoms with Crippen LogP contribution in [0.15, 0.2) is 12.2 Å². The molecule has 0 bridgehead atoms. The third kappa shape index (κ3) is 2.41. The molecule has 0 N–H and O–H groups in total. The zero-order chi connectivity index (χ0) is 12.0. The molecule has 0 atom stereocenters. The minimum atomic E-state index is -1.61. The molecule has 0 unspecified atom stereocenters. The highest BCUT2D eigenvalue weighted by atomic mass is 16.6. The normalized spacial score (nSPS) is 17.9. The van der Waals surface area contributed by atoms with E-state index in [0.717, 1.165) is 0 Å². The molecule has 0 amide bonds. The second kappa shape index (κ2) is 5.65. The van der Waals surface area contributed by atoms with Crippen LogP contribution in [-0.4, -0.2) is 37.4 Å². The standard InChI is InChI=1S/C11H16O5/c1-3-14-9(12)11(10(13)15-4-2)7-5-6-8-16-11/h5-6H,3-4,7-8H2,1-2H3. The fourth-order valence-corrected chi connectivity index (χ4v) is 1.43. The Labute approximate surface area is 94.4 Å². The Morgan fingerprint density at radius 2 is 1.75 bits per heavy atom. The Morgan fingerprint density at radius 3 is 2.12 bits per heavy atom. The smallest absolute Gasteiger partial charge is 0.350 e. The maximum Gasteiger partial charge on any atom is 0.350 e. The van der Waals surface area contributed by atoms with Gasteiger partial charge in [0.1, 0.15) is 0 Å². The molecule has 1 heterocycles. The first-order valence-electron chi connectivity index (χ1n) is 5.30. The van der Waals surface area contributed by atoms with Gasteiger partial charge < -0.3 is 14.2 Å². The molecule has 1 rings (SSSR count). The van der Waals surface area contributed by atoms with Crippen LogP contribution in [0.5, 0.6) is 0 Å². The minimum Gasteiger partial charge on any atom is -0.463 e. The molecule has 0 saturated heterocycles. The predicted molar refractivity (Wildman–Crippen MR) is 55.7 cm³/mol. The Balaban J connectivity index is 2.87. The average Bonchev–Trinajstić information content (AvgIpc) is 2.30. The summed E-state index contributed by atoms with van der Waals surface area (Å²) in [5.74, 6) is -1.37. The van der Waals surface area contributed by atoms with Gasteiger partial charge in [-0.15, -0.1) is 0 Å². The van der Waals surface area contributed by atoms with E-state index in [1.165, 1.54) is 0 Å². The summed E-state index contributed by atoms with van der Waals surface area (Å²) in [6.07, 6.45) is 3.62. The zero-order valence-corrected chi connectivity index (χ0v) is 9.52. The molecule has 0 radical (unpaired) electrons. The summed E-state index contributed by atoms with van der Waals surface area (Å²) in [4.78, 5) is 23.5. The third-order valence-electron chi connectivity index (χ3n) is 2.21. The zero-order valence-electron chi connectivity index (χ0n) is 9.52. The summed E-state index contributed by atoms with van der Waals surface area (Å²) >= 11 is 0. The molecule has 5 heteroatoms. The second-order valence-electron chi connectivity index (χ2n) is 3.25. The Kier molecular flexibility index (Phi) is 4.49. The number of hydrogen-bond donors (Lipinski definition) is 0. The van der Waals surface area contributed by atoms with E-state index < -0.39 is 17.5 Å². The molecule has 0 aliphatic carbocycles. The van der Waals surface area contributed by atoms with Crippen molar-refractivity contribution >= 4 is 11.9 Å². The molecule has 90 valence electrons. The van der Waals surface area contributed by atoms with Gasteiger partial charge in [-0.1, -0.05) is 12.2 Å². The van der Waals surface area contributed by atoms with E-state index in [-0.39, 0.29) is 26.2 Å². The van der Waals surface area contributed by atoms with Crippen molar-refractivity contribution < 1.29 is 23.8 Å². The summed E-state index contributed by atoms with van der Waals surface area (Å²) in [6.45, 7) is 3.96. The Bertz CT molecular complexity index is 277. The van der Waals surface area contributed by atoms with Crippen molar-refractivity contribution in [3.8, 4) is 0 Å². The van der Waals surface area contributed by atoms with Gasteiger partial charge in [0.25, 0.3) is 5.60 Å². The van der Waals surface area contributed by atoms with Gasteiger partial charge in [0, 0.05) is 6.42 Å². The summed E-state index contributed by atoms with van der Waals surface area (Å²) in [7, 11) is 0. The molecule has 16 heavy (non-hydrogen) atoms. The van der Waals surface area contributed by atoms with E-state index in [1.807, 2.05) is 0 Å². The molecule has 0 saturated carbocycles. The van der Waals surface area contributed by atoms with E-state index in [4.69, 9.17) is 14.2 Å². The van der Waals surface area contributed by atoms with Gasteiger partial charge in [0.15, 0.2) is 0 Å². The van der Waals surface area contributed by atoms with Crippen molar-refractivity contribution in [3.63, 3.8) is 0 Å². The Morgan fingerprint density at radius 1 is 1.19 bits per heavy atom. The maximum absolute atomic E-state index is 11.8. The number of carbonyl (C=O) groups is 2. The van der Waals surface area contributed by atoms with Gasteiger partial charge in [-0.25, -0.2) is 9.59 Å². The summed E-state index contributed by atoms with van der Waals surface area (Å²) in [6, 6.07) is 0. The van der Waals surface area contributed by atoms with E-state index >= 15 is 0 Å². The molecule has 0 aromatic carbocycles. The fraction of sp³-hybridized carbons (Fsp3) is 0.636. The first-order chi connectivity index (χ1) is 7.67. The van der Waals surface area contributed by atoms with E-state index in [0.29, 0.717) is 0 Å². The van der Waals surface area contributed by atoms with Gasteiger partial charge in [-0.2, -0.15) is 0 Å². The fourth-order valence-electron chi connectivity index (χ4n) is 1.43. The van der Waals surface area contributed by atoms with E-state index in [9.17, 15) is 9.59 Å². The molecule has 5 nitrogen and oxygen atoms in total. The Hall–Kier alpha value is -1.36. The molecular formula is C11H16O5. The molecule has 0 fully saturated rings. The number of hydrogen-bond acceptors (Lipinski definition) is 5. The van der Waals surface area contributed by atoms with Crippen LogP contribution < -0.4 is 0 Å². The SMILES string of the molecule is CCOC(=O)C1(C(=O)OCC)CC=CCO1. The number of carbonyl (C=O) groups excluding carboxylic acids is 2. The second-order valence-corrected chi connectivity index (χ2v) is 3.25. The van der Waals surface area contributed by atoms with Crippen LogP contribution in [-0.2, 0) is 23.8 Å². The van der Waals surface area contributed by atoms with Crippen molar-refractivity contribution in [1.29, 1.82) is 0 Å². The van der Waals surface area contributed by atoms with Crippen LogP contribution >= 0.6 is 0 Å². The summed E-state index contributed by atoms with van der Waals surface area (Å²) in [5, 5.41) is 0. The molecule has 1 aliphatic rings. The lowest BCUT2D eigenvalue weighted by molar-refractivity contribution is -0.190. The van der Waals surface area contributed by atoms with Crippen LogP contribution in [0, 0.1) is 0 Å². The van der Waals surface area contributed by atoms with Crippen molar-refractivity contribution in [3.05, 3.63) is 12.2 Å². The number of ether oxygens (including phenoxy) is 3. The topological polar surface area (TPSA) is 61.8 Å². The third-order valence-corrected chi connectivity index (χ3v) is 2.21. The van der Waals surface area contributed by atoms with Crippen LogP contribution in [0.1, 0.15) is 20.3 Å². The van der Waals surface area contributed by atoms with Crippen molar-refractivity contribution in [2.45, 2.75) is 25.9 Å². The lowest BCUT2D eigenvalue weighted by Crippen LogP contribution is -2.52. The van der Waals surface area contributed by atoms with Crippen molar-refractivity contribution in [1.82, 2.24) is 0 Å². The first kappa shape index (κ1) is 12.7. The number of rotatable bonds is 4. The van der Waals surface area contributed by atoms with Crippen molar-refractivity contribution in [2.75, 3.05) is 19.8 Å². The van der Waals surface area contributed by atoms with Crippen LogP contribution in [0.3, 0.4) is 0 Å². The molecule has 0 aromatic rings. The monoisotopic (exact) mass is 228 g/mol. The van der Waals surface area contributed by atoms with Gasteiger partial charge in [-0.05, 0) is 13.8 Å². The predicted octanol–water partition coefficient (Wildman–Crippen LogP) is 0.828. The van der Waals surface area contributed by atoms with Crippen LogP contribution in [0.4, 0.5) is 0 Å².